The van der Waals surface area contributed by atoms with Crippen LogP contribution in [0.2, 0.25) is 0 Å². The van der Waals surface area contributed by atoms with Crippen LogP contribution in [-0.4, -0.2) is 43.5 Å². The smallest absolute Gasteiger partial charge is 0.339 e. The maximum absolute atomic E-state index is 13.6. The molecule has 0 bridgehead atoms. The van der Waals surface area contributed by atoms with Crippen LogP contribution in [-0.2, 0) is 14.3 Å². The number of nitrogens with zero attached hydrogens (tertiary/aromatic N) is 3. The molecule has 5 rings (SSSR count). The van der Waals surface area contributed by atoms with Gasteiger partial charge in [0, 0.05) is 40.1 Å². The van der Waals surface area contributed by atoms with Crippen molar-refractivity contribution in [2.24, 2.45) is 0 Å². The van der Waals surface area contributed by atoms with Crippen LogP contribution in [0.5, 0.6) is 11.5 Å². The Labute approximate surface area is 236 Å². The first-order valence-corrected chi connectivity index (χ1v) is 13.0. The number of hydrogen-bond acceptors (Lipinski definition) is 7. The van der Waals surface area contributed by atoms with Gasteiger partial charge in [-0.2, -0.15) is 5.10 Å². The summed E-state index contributed by atoms with van der Waals surface area (Å²) in [5.41, 5.74) is 4.62. The van der Waals surface area contributed by atoms with Crippen LogP contribution in [0.15, 0.2) is 72.8 Å². The molecular weight excluding hydrogens is 525 g/mol. The molecule has 0 radical (unpaired) electrons. The highest BCUT2D eigenvalue weighted by molar-refractivity contribution is 5.82. The van der Waals surface area contributed by atoms with E-state index in [0.717, 1.165) is 11.6 Å². The van der Waals surface area contributed by atoms with Crippen molar-refractivity contribution in [1.29, 1.82) is 0 Å². The second-order valence-electron chi connectivity index (χ2n) is 10.7. The molecule has 0 amide bonds. The Balaban J connectivity index is 1.74. The first kappa shape index (κ1) is 27.8. The number of fused-ring (bicyclic) bond motifs is 1. The van der Waals surface area contributed by atoms with Gasteiger partial charge < -0.3 is 19.7 Å². The lowest BCUT2D eigenvalue weighted by Gasteiger charge is -2.28. The molecule has 41 heavy (non-hydrogen) atoms. The Kier molecular flexibility index (Phi) is 7.23. The summed E-state index contributed by atoms with van der Waals surface area (Å²) in [7, 11) is 1.31. The third-order valence-corrected chi connectivity index (χ3v) is 6.55. The van der Waals surface area contributed by atoms with Crippen LogP contribution in [0.4, 0.5) is 4.39 Å². The Morgan fingerprint density at radius 1 is 0.951 bits per heavy atom. The average Bonchev–Trinajstić information content (AvgIpc) is 3.34. The summed E-state index contributed by atoms with van der Waals surface area (Å²) < 4.78 is 26.6. The number of benzene rings is 3. The SMILES string of the molecule is COC(=O)C(OC(C)(C)C)c1c(C)nc2cc(-c3cccc(-c4ccc(F)cc4O)c3)nn2c1-c1ccc(O)cc1. The zero-order valence-corrected chi connectivity index (χ0v) is 23.3. The van der Waals surface area contributed by atoms with E-state index in [1.807, 2.05) is 51.1 Å². The number of methoxy groups -OCH3 is 1. The van der Waals surface area contributed by atoms with Gasteiger partial charge in [-0.25, -0.2) is 18.7 Å². The molecule has 5 aromatic rings. The number of rotatable bonds is 6. The van der Waals surface area contributed by atoms with Crippen LogP contribution >= 0.6 is 0 Å². The highest BCUT2D eigenvalue weighted by Gasteiger charge is 2.34. The minimum absolute atomic E-state index is 0.0924. The van der Waals surface area contributed by atoms with E-state index >= 15 is 0 Å². The molecule has 0 aliphatic rings. The maximum Gasteiger partial charge on any atom is 0.339 e. The molecule has 0 saturated carbocycles. The predicted molar refractivity (Wildman–Crippen MR) is 153 cm³/mol. The number of esters is 1. The molecule has 0 saturated heterocycles. The molecule has 210 valence electrons. The third kappa shape index (κ3) is 5.62. The quantitative estimate of drug-likeness (QED) is 0.227. The first-order valence-electron chi connectivity index (χ1n) is 13.0. The Morgan fingerprint density at radius 3 is 2.32 bits per heavy atom. The van der Waals surface area contributed by atoms with Crippen molar-refractivity contribution >= 4 is 11.6 Å². The summed E-state index contributed by atoms with van der Waals surface area (Å²) in [6.45, 7) is 7.35. The van der Waals surface area contributed by atoms with Crippen molar-refractivity contribution in [2.75, 3.05) is 7.11 Å². The molecule has 2 heterocycles. The summed E-state index contributed by atoms with van der Waals surface area (Å²) in [5, 5.41) is 25.2. The van der Waals surface area contributed by atoms with Crippen LogP contribution in [0.1, 0.15) is 38.1 Å². The van der Waals surface area contributed by atoms with Crippen molar-refractivity contribution in [3.8, 4) is 45.1 Å². The summed E-state index contributed by atoms with van der Waals surface area (Å²) in [5.74, 6) is -1.18. The summed E-state index contributed by atoms with van der Waals surface area (Å²) in [6, 6.07) is 19.7. The van der Waals surface area contributed by atoms with Gasteiger partial charge >= 0.3 is 5.97 Å². The molecule has 0 fully saturated rings. The molecule has 8 nitrogen and oxygen atoms in total. The highest BCUT2D eigenvalue weighted by atomic mass is 19.1. The molecule has 9 heteroatoms. The minimum atomic E-state index is -1.10. The van der Waals surface area contributed by atoms with Crippen molar-refractivity contribution in [1.82, 2.24) is 14.6 Å². The van der Waals surface area contributed by atoms with Gasteiger partial charge in [0.2, 0.25) is 0 Å². The van der Waals surface area contributed by atoms with Crippen LogP contribution < -0.4 is 0 Å². The molecule has 2 aromatic heterocycles. The molecule has 3 aromatic carbocycles. The zero-order valence-electron chi connectivity index (χ0n) is 23.3. The predicted octanol–water partition coefficient (Wildman–Crippen LogP) is 6.62. The van der Waals surface area contributed by atoms with E-state index < -0.39 is 23.5 Å². The average molecular weight is 556 g/mol. The van der Waals surface area contributed by atoms with Gasteiger partial charge in [-0.3, -0.25) is 0 Å². The lowest BCUT2D eigenvalue weighted by Crippen LogP contribution is -2.29. The molecular formula is C32H30FN3O5. The Bertz CT molecular complexity index is 1760. The van der Waals surface area contributed by atoms with Gasteiger partial charge in [0.25, 0.3) is 0 Å². The van der Waals surface area contributed by atoms with Gasteiger partial charge in [-0.1, -0.05) is 18.2 Å². The van der Waals surface area contributed by atoms with E-state index in [1.54, 1.807) is 35.7 Å². The van der Waals surface area contributed by atoms with Crippen LogP contribution in [0, 0.1) is 12.7 Å². The second kappa shape index (κ2) is 10.7. The van der Waals surface area contributed by atoms with Crippen molar-refractivity contribution in [3.05, 3.63) is 89.9 Å². The first-order chi connectivity index (χ1) is 19.4. The monoisotopic (exact) mass is 555 g/mol. The lowest BCUT2D eigenvalue weighted by molar-refractivity contribution is -0.164. The maximum atomic E-state index is 13.6. The van der Waals surface area contributed by atoms with E-state index in [0.29, 0.717) is 45.0 Å². The number of phenols is 2. The largest absolute Gasteiger partial charge is 0.508 e. The fourth-order valence-corrected chi connectivity index (χ4v) is 4.77. The Morgan fingerprint density at radius 2 is 1.66 bits per heavy atom. The highest BCUT2D eigenvalue weighted by Crippen LogP contribution is 2.38. The normalized spacial score (nSPS) is 12.4. The lowest BCUT2D eigenvalue weighted by atomic mass is 9.98. The number of ether oxygens (including phenoxy) is 2. The zero-order chi connectivity index (χ0) is 29.5. The topological polar surface area (TPSA) is 106 Å². The summed E-state index contributed by atoms with van der Waals surface area (Å²) in [6.07, 6.45) is -1.10. The molecule has 0 aliphatic carbocycles. The molecule has 1 atom stereocenters. The molecule has 2 N–H and O–H groups in total. The fraction of sp³-hybridized carbons (Fsp3) is 0.219. The van der Waals surface area contributed by atoms with E-state index in [9.17, 15) is 19.4 Å². The van der Waals surface area contributed by atoms with E-state index in [2.05, 4.69) is 0 Å². The molecule has 0 aliphatic heterocycles. The summed E-state index contributed by atoms with van der Waals surface area (Å²) >= 11 is 0. The number of aromatic nitrogens is 3. The third-order valence-electron chi connectivity index (χ3n) is 6.55. The number of hydrogen-bond donors (Lipinski definition) is 2. The number of carbonyl (C=O) groups is 1. The van der Waals surface area contributed by atoms with Gasteiger partial charge in [0.15, 0.2) is 11.8 Å². The van der Waals surface area contributed by atoms with E-state index in [4.69, 9.17) is 19.6 Å². The van der Waals surface area contributed by atoms with E-state index in [1.165, 1.54) is 19.2 Å². The number of carbonyl (C=O) groups excluding carboxylic acids is 1. The van der Waals surface area contributed by atoms with Gasteiger partial charge in [0.05, 0.1) is 24.1 Å². The Hall–Kier alpha value is -4.76. The van der Waals surface area contributed by atoms with Crippen molar-refractivity contribution < 1.29 is 28.9 Å². The number of aromatic hydroxyl groups is 2. The van der Waals surface area contributed by atoms with Gasteiger partial charge in [-0.05, 0) is 75.7 Å². The van der Waals surface area contributed by atoms with Crippen LogP contribution in [0.25, 0.3) is 39.3 Å². The summed E-state index contributed by atoms with van der Waals surface area (Å²) in [4.78, 5) is 17.9. The van der Waals surface area contributed by atoms with Crippen LogP contribution in [0.3, 0.4) is 0 Å². The molecule has 1 unspecified atom stereocenters. The standard InChI is InChI=1S/C32H30FN3O5/c1-18-28(30(31(39)40-5)41-32(2,3)4)29(19-9-12-23(37)13-10-19)36-27(34-18)17-25(35-36)21-8-6-7-20(15-21)24-14-11-22(33)16-26(24)38/h6-17,30,37-38H,1-5H3. The minimum Gasteiger partial charge on any atom is -0.508 e. The number of aryl methyl sites for hydroxylation is 1. The van der Waals surface area contributed by atoms with Gasteiger partial charge in [0.1, 0.15) is 17.3 Å². The number of halogens is 1. The number of phenolic OH excluding ortho intramolecular Hbond substituents is 2. The second-order valence-corrected chi connectivity index (χ2v) is 10.7. The van der Waals surface area contributed by atoms with Crippen molar-refractivity contribution in [3.63, 3.8) is 0 Å². The van der Waals surface area contributed by atoms with Gasteiger partial charge in [-0.15, -0.1) is 0 Å². The van der Waals surface area contributed by atoms with E-state index in [-0.39, 0.29) is 11.5 Å². The van der Waals surface area contributed by atoms with Crippen molar-refractivity contribution in [2.45, 2.75) is 39.4 Å². The fourth-order valence-electron chi connectivity index (χ4n) is 4.77. The molecule has 0 spiro atoms.